The fraction of sp³-hybridized carbons (Fsp3) is 1.00. The van der Waals surface area contributed by atoms with E-state index in [1.54, 1.807) is 12.5 Å². The zero-order valence-electron chi connectivity index (χ0n) is 4.19. The lowest BCUT2D eigenvalue weighted by atomic mass is 11.9. The summed E-state index contributed by atoms with van der Waals surface area (Å²) in [5.74, 6) is 1.81. The molecule has 0 amide bonds. The van der Waals surface area contributed by atoms with E-state index in [-0.39, 0.29) is 23.1 Å². The number of hydrogen-bond acceptors (Lipinski definition) is 1. The van der Waals surface area contributed by atoms with Crippen molar-refractivity contribution in [3.8, 4) is 0 Å². The predicted octanol–water partition coefficient (Wildman–Crippen LogP) is 0.0896. The molecule has 0 aliphatic rings. The monoisotopic (exact) mass is 198 g/mol. The molecule has 0 fully saturated rings. The maximum atomic E-state index is 9.56. The van der Waals surface area contributed by atoms with E-state index in [0.29, 0.717) is 0 Å². The molecule has 0 aliphatic carbocycles. The number of rotatable bonds is 0. The second-order valence-electron chi connectivity index (χ2n) is 0.742. The van der Waals surface area contributed by atoms with Gasteiger partial charge in [0.1, 0.15) is 0 Å². The van der Waals surface area contributed by atoms with Crippen LogP contribution in [0.4, 0.5) is 0 Å². The lowest BCUT2D eigenvalue weighted by Gasteiger charge is -1.87. The van der Waals surface area contributed by atoms with E-state index in [9.17, 15) is 4.55 Å². The number of alkyl halides is 1. The van der Waals surface area contributed by atoms with E-state index in [1.807, 2.05) is 5.83 Å². The van der Waals surface area contributed by atoms with Gasteiger partial charge in [-0.25, -0.2) is 0 Å². The molecule has 0 bridgehead atoms. The summed E-state index contributed by atoms with van der Waals surface area (Å²) >= 11 is 2.33. The van der Waals surface area contributed by atoms with Crippen LogP contribution < -0.4 is 0 Å². The molecule has 0 atom stereocenters. The summed E-state index contributed by atoms with van der Waals surface area (Å²) in [6, 6.07) is 0. The summed E-state index contributed by atoms with van der Waals surface area (Å²) in [5.41, 5.74) is 0. The van der Waals surface area contributed by atoms with Gasteiger partial charge in [0.05, 0.1) is 12.5 Å². The number of hydrogen-bond donors (Lipinski definition) is 0. The third-order valence-electron chi connectivity index (χ3n) is 0. The van der Waals surface area contributed by atoms with Crippen molar-refractivity contribution in [2.24, 2.45) is 0 Å². The molecule has 0 N–H and O–H groups in total. The van der Waals surface area contributed by atoms with E-state index < -0.39 is 11.2 Å². The molecule has 0 aromatic carbocycles. The van der Waals surface area contributed by atoms with Crippen LogP contribution in [0.3, 0.4) is 0 Å². The average Bonchev–Trinajstić information content (AvgIpc) is 1.41. The van der Waals surface area contributed by atoms with Gasteiger partial charge >= 0.3 is 23.1 Å². The summed E-state index contributed by atoms with van der Waals surface area (Å²) in [6.45, 7) is 0. The summed E-state index contributed by atoms with van der Waals surface area (Å²) in [7, 11) is 0. The molecule has 0 aromatic rings. The molecule has 4 heteroatoms. The molecule has 0 saturated heterocycles. The Kier molecular flexibility index (Phi) is 35.4. The van der Waals surface area contributed by atoms with E-state index in [2.05, 4.69) is 15.9 Å². The molecule has 44 valence electrons. The Morgan fingerprint density at radius 2 is 1.29 bits per heavy atom. The summed E-state index contributed by atoms with van der Waals surface area (Å²) in [4.78, 5) is 0. The Morgan fingerprint density at radius 3 is 1.29 bits per heavy atom. The molecule has 0 radical (unpaired) electrons. The third-order valence-corrected chi connectivity index (χ3v) is 0. The van der Waals surface area contributed by atoms with E-state index in [4.69, 9.17) is 0 Å². The molecule has 0 aliphatic heterocycles. The molecular formula is C3H11BrMgOS. The molecule has 0 heterocycles. The van der Waals surface area contributed by atoms with Gasteiger partial charge in [-0.15, -0.1) is 0 Å². The van der Waals surface area contributed by atoms with Crippen molar-refractivity contribution in [1.82, 2.24) is 0 Å². The molecular weight excluding hydrogens is 188 g/mol. The first-order valence-corrected chi connectivity index (χ1v) is 4.91. The Labute approximate surface area is 72.7 Å². The smallest absolute Gasteiger partial charge is 0.316 e. The van der Waals surface area contributed by atoms with Crippen molar-refractivity contribution in [2.75, 3.05) is 18.3 Å². The third kappa shape index (κ3) is 96.3. The first-order chi connectivity index (χ1) is 2.73. The maximum Gasteiger partial charge on any atom is 0.316 e. The minimum absolute atomic E-state index is 0. The molecule has 0 rings (SSSR count). The van der Waals surface area contributed by atoms with Crippen LogP contribution in [-0.2, 0) is 11.2 Å². The van der Waals surface area contributed by atoms with Crippen LogP contribution in [0.5, 0.6) is 0 Å². The van der Waals surface area contributed by atoms with Crippen LogP contribution in [0.2, 0.25) is 0 Å². The molecule has 7 heavy (non-hydrogen) atoms. The second-order valence-corrected chi connectivity index (χ2v) is 2.22. The van der Waals surface area contributed by atoms with Gasteiger partial charge in [-0.2, -0.15) is 0 Å². The van der Waals surface area contributed by atoms with E-state index in [0.717, 1.165) is 0 Å². The van der Waals surface area contributed by atoms with Crippen LogP contribution in [0.25, 0.3) is 0 Å². The quantitative estimate of drug-likeness (QED) is 0.308. The van der Waals surface area contributed by atoms with Gasteiger partial charge in [0, 0.05) is 0 Å². The van der Waals surface area contributed by atoms with Gasteiger partial charge in [-0.3, -0.25) is 0 Å². The van der Waals surface area contributed by atoms with Gasteiger partial charge in [0.2, 0.25) is 0 Å². The van der Waals surface area contributed by atoms with Gasteiger partial charge in [-0.05, 0) is 5.83 Å². The molecule has 0 spiro atoms. The fourth-order valence-electron chi connectivity index (χ4n) is 0. The van der Waals surface area contributed by atoms with E-state index >= 15 is 0 Å². The Hall–Kier alpha value is 1.56. The first-order valence-electron chi connectivity index (χ1n) is 1.36. The molecule has 0 saturated carbocycles. The topological polar surface area (TPSA) is 23.1 Å². The first kappa shape index (κ1) is 15.8. The van der Waals surface area contributed by atoms with Crippen LogP contribution >= 0.6 is 15.9 Å². The summed E-state index contributed by atoms with van der Waals surface area (Å²) in [5, 5.41) is 0. The Morgan fingerprint density at radius 1 is 1.29 bits per heavy atom. The summed E-state index contributed by atoms with van der Waals surface area (Å²) < 4.78 is 9.56. The second kappa shape index (κ2) is 15.6. The number of halogens is 1. The van der Waals surface area contributed by atoms with Crippen LogP contribution in [0.15, 0.2) is 0 Å². The summed E-state index contributed by atoms with van der Waals surface area (Å²) in [6.07, 6.45) is 3.28. The predicted molar refractivity (Wildman–Crippen MR) is 43.4 cm³/mol. The lowest BCUT2D eigenvalue weighted by molar-refractivity contribution is 0.606. The average molecular weight is 199 g/mol. The highest BCUT2D eigenvalue weighted by Crippen LogP contribution is 1.61. The highest BCUT2D eigenvalue weighted by atomic mass is 79.9. The van der Waals surface area contributed by atoms with Crippen molar-refractivity contribution < 1.29 is 4.55 Å². The zero-order chi connectivity index (χ0) is 5.58. The lowest BCUT2D eigenvalue weighted by Crippen LogP contribution is -1.86. The van der Waals surface area contributed by atoms with Crippen molar-refractivity contribution in [2.45, 2.75) is 0 Å². The maximum absolute atomic E-state index is 9.56. The molecule has 1 nitrogen and oxygen atoms in total. The van der Waals surface area contributed by atoms with Crippen molar-refractivity contribution in [3.05, 3.63) is 0 Å². The van der Waals surface area contributed by atoms with E-state index in [1.165, 1.54) is 0 Å². The standard InChI is InChI=1S/C2H6OS.CH3Br.Mg.2H/c1-4(2)3;1-2;;;/h1-2H3;1H3;;;. The van der Waals surface area contributed by atoms with Crippen molar-refractivity contribution in [1.29, 1.82) is 0 Å². The Bertz CT molecular complexity index is 19.7. The highest BCUT2D eigenvalue weighted by molar-refractivity contribution is 9.08. The van der Waals surface area contributed by atoms with Gasteiger partial charge in [-0.1, -0.05) is 27.1 Å². The SMILES string of the molecule is CBr.C[S+](C)[O-].[MgH2]. The molecule has 0 unspecified atom stereocenters. The minimum atomic E-state index is -0.611. The van der Waals surface area contributed by atoms with Gasteiger partial charge in [0.25, 0.3) is 0 Å². The van der Waals surface area contributed by atoms with Gasteiger partial charge < -0.3 is 4.55 Å². The van der Waals surface area contributed by atoms with Crippen LogP contribution in [0.1, 0.15) is 0 Å². The molecule has 0 aromatic heterocycles. The Balaban J connectivity index is -0.0000000480. The largest absolute Gasteiger partial charge is 0.617 e. The minimum Gasteiger partial charge on any atom is -0.617 e. The van der Waals surface area contributed by atoms with Crippen molar-refractivity contribution >= 4 is 50.2 Å². The van der Waals surface area contributed by atoms with Gasteiger partial charge in [0.15, 0.2) is 0 Å². The zero-order valence-corrected chi connectivity index (χ0v) is 6.60. The normalized spacial score (nSPS) is 6.00. The van der Waals surface area contributed by atoms with Crippen LogP contribution in [-0.4, -0.2) is 46.0 Å². The van der Waals surface area contributed by atoms with Crippen molar-refractivity contribution in [3.63, 3.8) is 0 Å². The fourth-order valence-corrected chi connectivity index (χ4v) is 0. The van der Waals surface area contributed by atoms with Crippen LogP contribution in [0, 0.1) is 0 Å². The highest BCUT2D eigenvalue weighted by Gasteiger charge is 1.66.